The van der Waals surface area contributed by atoms with Gasteiger partial charge in [-0.2, -0.15) is 0 Å². The average molecular weight is 266 g/mol. The molecule has 4 unspecified atom stereocenters. The molecule has 0 radical (unpaired) electrons. The summed E-state index contributed by atoms with van der Waals surface area (Å²) in [6.07, 6.45) is -11.8. The predicted octanol–water partition coefficient (Wildman–Crippen LogP) is -3.81. The highest BCUT2D eigenvalue weighted by molar-refractivity contribution is 5.90. The zero-order valence-electron chi connectivity index (χ0n) is 9.08. The maximum atomic E-state index is 11.1. The van der Waals surface area contributed by atoms with E-state index in [1.165, 1.54) is 0 Å². The summed E-state index contributed by atoms with van der Waals surface area (Å²) in [5.74, 6) is -2.72. The van der Waals surface area contributed by atoms with E-state index >= 15 is 0 Å². The molecule has 18 heavy (non-hydrogen) atoms. The van der Waals surface area contributed by atoms with Gasteiger partial charge in [0, 0.05) is 0 Å². The van der Waals surface area contributed by atoms with E-state index in [4.69, 9.17) is 5.11 Å². The molecule has 0 bridgehead atoms. The van der Waals surface area contributed by atoms with Gasteiger partial charge in [0.25, 0.3) is 0 Å². The number of carbonyl (C=O) groups is 2. The van der Waals surface area contributed by atoms with Gasteiger partial charge in [-0.15, -0.1) is 0 Å². The van der Waals surface area contributed by atoms with Crippen LogP contribution in [0, 0.1) is 0 Å². The Morgan fingerprint density at radius 1 is 0.833 bits per heavy atom. The van der Waals surface area contributed by atoms with Crippen LogP contribution in [-0.4, -0.2) is 79.2 Å². The van der Waals surface area contributed by atoms with Gasteiger partial charge in [0.1, 0.15) is 36.9 Å². The van der Waals surface area contributed by atoms with E-state index in [2.05, 4.69) is 4.74 Å². The van der Waals surface area contributed by atoms with Gasteiger partial charge >= 0.3 is 11.9 Å². The van der Waals surface area contributed by atoms with E-state index < -0.39 is 55.0 Å². The van der Waals surface area contributed by atoms with Crippen molar-refractivity contribution in [1.82, 2.24) is 0 Å². The Balaban J connectivity index is 2.74. The van der Waals surface area contributed by atoms with Crippen molar-refractivity contribution in [3.8, 4) is 0 Å². The Morgan fingerprint density at radius 2 is 1.22 bits per heavy atom. The molecule has 0 spiro atoms. The van der Waals surface area contributed by atoms with E-state index in [0.717, 1.165) is 0 Å². The van der Waals surface area contributed by atoms with Crippen molar-refractivity contribution in [2.45, 2.75) is 43.0 Å². The number of aliphatic hydroxyl groups is 5. The average Bonchev–Trinajstić information content (AvgIpc) is 2.29. The third kappa shape index (κ3) is 2.94. The highest BCUT2D eigenvalue weighted by atomic mass is 16.6. The molecule has 1 saturated carbocycles. The van der Waals surface area contributed by atoms with E-state index in [1.54, 1.807) is 0 Å². The first-order valence-electron chi connectivity index (χ1n) is 5.07. The van der Waals surface area contributed by atoms with Gasteiger partial charge in [0.05, 0.1) is 0 Å². The van der Waals surface area contributed by atoms with Crippen LogP contribution < -0.4 is 0 Å². The molecule has 0 heterocycles. The number of carboxylic acids is 1. The molecule has 0 aliphatic heterocycles. The van der Waals surface area contributed by atoms with Crippen LogP contribution in [0.25, 0.3) is 0 Å². The molecule has 6 N–H and O–H groups in total. The molecule has 0 amide bonds. The second-order valence-electron chi connectivity index (χ2n) is 3.98. The molecule has 0 saturated heterocycles. The highest BCUT2D eigenvalue weighted by Crippen LogP contribution is 2.24. The van der Waals surface area contributed by atoms with Crippen molar-refractivity contribution in [2.24, 2.45) is 0 Å². The number of rotatable bonds is 3. The summed E-state index contributed by atoms with van der Waals surface area (Å²) in [5.41, 5.74) is 0. The second-order valence-corrected chi connectivity index (χ2v) is 3.98. The minimum atomic E-state index is -1.84. The second kappa shape index (κ2) is 5.59. The predicted molar refractivity (Wildman–Crippen MR) is 52.2 cm³/mol. The lowest BCUT2D eigenvalue weighted by Gasteiger charge is -2.40. The molecule has 0 aromatic heterocycles. The fourth-order valence-electron chi connectivity index (χ4n) is 1.65. The molecule has 9 heteroatoms. The zero-order chi connectivity index (χ0) is 14.0. The maximum absolute atomic E-state index is 11.1. The van der Waals surface area contributed by atoms with Crippen LogP contribution in [0.5, 0.6) is 0 Å². The third-order valence-corrected chi connectivity index (χ3v) is 2.64. The Morgan fingerprint density at radius 3 is 1.61 bits per heavy atom. The summed E-state index contributed by atoms with van der Waals surface area (Å²) in [5, 5.41) is 55.1. The monoisotopic (exact) mass is 266 g/mol. The van der Waals surface area contributed by atoms with Crippen LogP contribution in [0.2, 0.25) is 0 Å². The van der Waals surface area contributed by atoms with Crippen molar-refractivity contribution in [3.05, 3.63) is 0 Å². The molecule has 1 aliphatic rings. The number of ether oxygens (including phenoxy) is 1. The zero-order valence-corrected chi connectivity index (χ0v) is 9.08. The number of carbonyl (C=O) groups excluding carboxylic acids is 1. The molecule has 0 aromatic carbocycles. The largest absolute Gasteiger partial charge is 0.481 e. The number of esters is 1. The van der Waals surface area contributed by atoms with Crippen LogP contribution in [-0.2, 0) is 14.3 Å². The van der Waals surface area contributed by atoms with Crippen LogP contribution >= 0.6 is 0 Å². The van der Waals surface area contributed by atoms with Crippen LogP contribution in [0.1, 0.15) is 6.42 Å². The summed E-state index contributed by atoms with van der Waals surface area (Å²) in [4.78, 5) is 21.3. The standard InChI is InChI=1S/C9H14O9/c10-2(11)1-3(12)18-9-7(16)5(14)4(13)6(15)8(9)17/h4-9,13-17H,1H2,(H,10,11). The van der Waals surface area contributed by atoms with Crippen LogP contribution in [0.3, 0.4) is 0 Å². The smallest absolute Gasteiger partial charge is 0.317 e. The van der Waals surface area contributed by atoms with E-state index in [1.807, 2.05) is 0 Å². The summed E-state index contributed by atoms with van der Waals surface area (Å²) in [7, 11) is 0. The van der Waals surface area contributed by atoms with Gasteiger partial charge in [-0.3, -0.25) is 9.59 Å². The lowest BCUT2D eigenvalue weighted by atomic mass is 9.85. The van der Waals surface area contributed by atoms with Crippen molar-refractivity contribution in [2.75, 3.05) is 0 Å². The van der Waals surface area contributed by atoms with Crippen LogP contribution in [0.4, 0.5) is 0 Å². The SMILES string of the molecule is O=C(O)CC(=O)OC1C(O)C(O)C(O)C(O)C1O. The first kappa shape index (κ1) is 14.8. The first-order chi connectivity index (χ1) is 8.25. The van der Waals surface area contributed by atoms with Gasteiger partial charge < -0.3 is 35.4 Å². The van der Waals surface area contributed by atoms with Crippen molar-refractivity contribution in [1.29, 1.82) is 0 Å². The molecule has 9 nitrogen and oxygen atoms in total. The number of aliphatic carboxylic acids is 1. The summed E-state index contributed by atoms with van der Waals surface area (Å²) in [6.45, 7) is 0. The molecule has 0 aromatic rings. The minimum Gasteiger partial charge on any atom is -0.481 e. The fourth-order valence-corrected chi connectivity index (χ4v) is 1.65. The van der Waals surface area contributed by atoms with Crippen LogP contribution in [0.15, 0.2) is 0 Å². The fraction of sp³-hybridized carbons (Fsp3) is 0.778. The number of hydrogen-bond acceptors (Lipinski definition) is 8. The minimum absolute atomic E-state index is 0.995. The Kier molecular flexibility index (Phi) is 4.59. The molecule has 104 valence electrons. The maximum Gasteiger partial charge on any atom is 0.317 e. The van der Waals surface area contributed by atoms with Gasteiger partial charge in [-0.1, -0.05) is 0 Å². The number of aliphatic hydroxyl groups excluding tert-OH is 5. The first-order valence-corrected chi connectivity index (χ1v) is 5.07. The van der Waals surface area contributed by atoms with Gasteiger partial charge in [0.15, 0.2) is 6.10 Å². The summed E-state index contributed by atoms with van der Waals surface area (Å²) >= 11 is 0. The molecule has 1 rings (SSSR count). The Hall–Kier alpha value is -1.26. The van der Waals surface area contributed by atoms with Gasteiger partial charge in [-0.05, 0) is 0 Å². The molecular formula is C9H14O9. The molecule has 1 aliphatic carbocycles. The topological polar surface area (TPSA) is 165 Å². The highest BCUT2D eigenvalue weighted by Gasteiger charge is 2.50. The number of hydrogen-bond donors (Lipinski definition) is 6. The molecule has 1 fully saturated rings. The summed E-state index contributed by atoms with van der Waals surface area (Å²) < 4.78 is 4.46. The Labute approximate surface area is 101 Å². The third-order valence-electron chi connectivity index (χ3n) is 2.64. The van der Waals surface area contributed by atoms with Crippen molar-refractivity contribution < 1.29 is 45.0 Å². The molecule has 4 atom stereocenters. The van der Waals surface area contributed by atoms with E-state index in [9.17, 15) is 35.1 Å². The summed E-state index contributed by atoms with van der Waals surface area (Å²) in [6, 6.07) is 0. The van der Waals surface area contributed by atoms with Gasteiger partial charge in [-0.25, -0.2) is 0 Å². The lowest BCUT2D eigenvalue weighted by Crippen LogP contribution is -2.64. The lowest BCUT2D eigenvalue weighted by molar-refractivity contribution is -0.233. The van der Waals surface area contributed by atoms with Crippen molar-refractivity contribution in [3.63, 3.8) is 0 Å². The quantitative estimate of drug-likeness (QED) is 0.222. The molecular weight excluding hydrogens is 252 g/mol. The van der Waals surface area contributed by atoms with E-state index in [0.29, 0.717) is 0 Å². The normalized spacial score (nSPS) is 40.3. The van der Waals surface area contributed by atoms with Gasteiger partial charge in [0.2, 0.25) is 0 Å². The van der Waals surface area contributed by atoms with E-state index in [-0.39, 0.29) is 0 Å². The van der Waals surface area contributed by atoms with Crippen molar-refractivity contribution >= 4 is 11.9 Å². The number of carboxylic acid groups (broad SMARTS) is 1. The Bertz CT molecular complexity index is 314.